The van der Waals surface area contributed by atoms with Crippen molar-refractivity contribution < 1.29 is 13.5 Å². The second kappa shape index (κ2) is 9.66. The van der Waals surface area contributed by atoms with Crippen molar-refractivity contribution in [3.05, 3.63) is 54.0 Å². The summed E-state index contributed by atoms with van der Waals surface area (Å²) in [5.41, 5.74) is 1.02. The number of hydrogen-bond donors (Lipinski definition) is 1. The van der Waals surface area contributed by atoms with E-state index in [0.717, 1.165) is 51.4 Å². The SMILES string of the molecule is Fc1ccc(CN(CCCN2CCOCC2)C(=S)Nc2ccco2)cc1. The van der Waals surface area contributed by atoms with Gasteiger partial charge in [-0.1, -0.05) is 12.1 Å². The van der Waals surface area contributed by atoms with Crippen LogP contribution in [0.4, 0.5) is 10.3 Å². The Kier molecular flexibility index (Phi) is 6.99. The molecule has 5 nitrogen and oxygen atoms in total. The maximum Gasteiger partial charge on any atom is 0.198 e. The predicted octanol–water partition coefficient (Wildman–Crippen LogP) is 3.34. The molecule has 7 heteroatoms. The molecule has 1 aromatic carbocycles. The van der Waals surface area contributed by atoms with Crippen molar-refractivity contribution in [3.63, 3.8) is 0 Å². The Labute approximate surface area is 158 Å². The monoisotopic (exact) mass is 377 g/mol. The summed E-state index contributed by atoms with van der Waals surface area (Å²) in [5.74, 6) is 0.385. The first kappa shape index (κ1) is 18.8. The zero-order valence-corrected chi connectivity index (χ0v) is 15.5. The molecule has 1 aliphatic rings. The van der Waals surface area contributed by atoms with Crippen LogP contribution in [0, 0.1) is 5.82 Å². The maximum absolute atomic E-state index is 13.2. The Morgan fingerprint density at radius 1 is 1.19 bits per heavy atom. The van der Waals surface area contributed by atoms with Gasteiger partial charge < -0.3 is 19.4 Å². The molecule has 0 saturated carbocycles. The van der Waals surface area contributed by atoms with Crippen LogP contribution in [0.15, 0.2) is 47.1 Å². The van der Waals surface area contributed by atoms with Crippen molar-refractivity contribution >= 4 is 23.2 Å². The molecule has 0 amide bonds. The fraction of sp³-hybridized carbons (Fsp3) is 0.421. The summed E-state index contributed by atoms with van der Waals surface area (Å²) >= 11 is 5.57. The zero-order chi connectivity index (χ0) is 18.2. The smallest absolute Gasteiger partial charge is 0.198 e. The largest absolute Gasteiger partial charge is 0.449 e. The third-order valence-corrected chi connectivity index (χ3v) is 4.69. The van der Waals surface area contributed by atoms with Crippen molar-refractivity contribution in [3.8, 4) is 0 Å². The molecule has 2 aromatic rings. The lowest BCUT2D eigenvalue weighted by Crippen LogP contribution is -2.39. The molecule has 0 unspecified atom stereocenters. The van der Waals surface area contributed by atoms with Crippen LogP contribution in [0.5, 0.6) is 0 Å². The summed E-state index contributed by atoms with van der Waals surface area (Å²) in [7, 11) is 0. The predicted molar refractivity (Wildman–Crippen MR) is 104 cm³/mol. The number of ether oxygens (including phenoxy) is 1. The van der Waals surface area contributed by atoms with Gasteiger partial charge in [-0.05, 0) is 42.4 Å². The van der Waals surface area contributed by atoms with E-state index in [-0.39, 0.29) is 5.82 Å². The van der Waals surface area contributed by atoms with Gasteiger partial charge in [-0.3, -0.25) is 4.90 Å². The van der Waals surface area contributed by atoms with Crippen molar-refractivity contribution in [1.82, 2.24) is 9.80 Å². The molecule has 0 bridgehead atoms. The van der Waals surface area contributed by atoms with Gasteiger partial charge in [0.15, 0.2) is 11.0 Å². The highest BCUT2D eigenvalue weighted by Crippen LogP contribution is 2.12. The second-order valence-electron chi connectivity index (χ2n) is 6.26. The molecule has 140 valence electrons. The highest BCUT2D eigenvalue weighted by Gasteiger charge is 2.14. The molecule has 1 saturated heterocycles. The maximum atomic E-state index is 13.2. The average molecular weight is 377 g/mol. The molecular formula is C19H24FN3O2S. The Hall–Kier alpha value is -1.96. The van der Waals surface area contributed by atoms with Crippen molar-refractivity contribution in [2.24, 2.45) is 0 Å². The molecule has 3 rings (SSSR count). The molecule has 0 spiro atoms. The quantitative estimate of drug-likeness (QED) is 0.747. The summed E-state index contributed by atoms with van der Waals surface area (Å²) < 4.78 is 23.9. The zero-order valence-electron chi connectivity index (χ0n) is 14.7. The van der Waals surface area contributed by atoms with E-state index in [0.29, 0.717) is 17.5 Å². The van der Waals surface area contributed by atoms with Crippen LogP contribution in [-0.2, 0) is 11.3 Å². The number of anilines is 1. The van der Waals surface area contributed by atoms with Crippen LogP contribution >= 0.6 is 12.2 Å². The summed E-state index contributed by atoms with van der Waals surface area (Å²) in [5, 5.41) is 3.73. The van der Waals surface area contributed by atoms with Gasteiger partial charge in [-0.15, -0.1) is 0 Å². The fourth-order valence-corrected chi connectivity index (χ4v) is 3.16. The fourth-order valence-electron chi connectivity index (χ4n) is 2.91. The molecular weight excluding hydrogens is 353 g/mol. The molecule has 0 aliphatic carbocycles. The average Bonchev–Trinajstić information content (AvgIpc) is 3.16. The third kappa shape index (κ3) is 5.79. The van der Waals surface area contributed by atoms with Crippen LogP contribution in [0.1, 0.15) is 12.0 Å². The Bertz CT molecular complexity index is 673. The summed E-state index contributed by atoms with van der Waals surface area (Å²) in [6.07, 6.45) is 2.59. The lowest BCUT2D eigenvalue weighted by Gasteiger charge is -2.29. The van der Waals surface area contributed by atoms with Crippen LogP contribution in [0.25, 0.3) is 0 Å². The standard InChI is InChI=1S/C19H24FN3O2S/c20-17-6-4-16(5-7-17)15-23(19(26)21-18-3-1-12-25-18)9-2-8-22-10-13-24-14-11-22/h1,3-7,12H,2,8-11,13-15H2,(H,21,26). The summed E-state index contributed by atoms with van der Waals surface area (Å²) in [6.45, 7) is 6.00. The van der Waals surface area contributed by atoms with Crippen molar-refractivity contribution in [2.75, 3.05) is 44.7 Å². The number of thiocarbonyl (C=S) groups is 1. The number of rotatable bonds is 7. The van der Waals surface area contributed by atoms with E-state index in [4.69, 9.17) is 21.4 Å². The van der Waals surface area contributed by atoms with Gasteiger partial charge in [0.2, 0.25) is 0 Å². The van der Waals surface area contributed by atoms with Gasteiger partial charge in [0.05, 0.1) is 19.5 Å². The molecule has 0 atom stereocenters. The molecule has 1 N–H and O–H groups in total. The van der Waals surface area contributed by atoms with E-state index in [9.17, 15) is 4.39 Å². The van der Waals surface area contributed by atoms with Gasteiger partial charge in [0, 0.05) is 38.8 Å². The van der Waals surface area contributed by atoms with Crippen LogP contribution in [0.3, 0.4) is 0 Å². The molecule has 26 heavy (non-hydrogen) atoms. The first-order chi connectivity index (χ1) is 12.7. The number of benzene rings is 1. The minimum atomic E-state index is -0.232. The lowest BCUT2D eigenvalue weighted by atomic mass is 10.2. The van der Waals surface area contributed by atoms with Crippen molar-refractivity contribution in [2.45, 2.75) is 13.0 Å². The number of nitrogens with one attached hydrogen (secondary N) is 1. The second-order valence-corrected chi connectivity index (χ2v) is 6.65. The van der Waals surface area contributed by atoms with Gasteiger partial charge in [0.1, 0.15) is 5.82 Å². The first-order valence-electron chi connectivity index (χ1n) is 8.85. The number of furan rings is 1. The Morgan fingerprint density at radius 3 is 2.65 bits per heavy atom. The van der Waals surface area contributed by atoms with Crippen LogP contribution in [-0.4, -0.2) is 54.3 Å². The number of morpholine rings is 1. The van der Waals surface area contributed by atoms with E-state index in [1.807, 2.05) is 12.1 Å². The topological polar surface area (TPSA) is 40.9 Å². The Morgan fingerprint density at radius 2 is 1.96 bits per heavy atom. The lowest BCUT2D eigenvalue weighted by molar-refractivity contribution is 0.0368. The molecule has 1 aliphatic heterocycles. The van der Waals surface area contributed by atoms with Crippen LogP contribution < -0.4 is 5.32 Å². The van der Waals surface area contributed by atoms with Crippen molar-refractivity contribution in [1.29, 1.82) is 0 Å². The highest BCUT2D eigenvalue weighted by molar-refractivity contribution is 7.80. The number of nitrogens with zero attached hydrogens (tertiary/aromatic N) is 2. The normalized spacial score (nSPS) is 15.0. The van der Waals surface area contributed by atoms with Gasteiger partial charge >= 0.3 is 0 Å². The van der Waals surface area contributed by atoms with E-state index in [1.165, 1.54) is 12.1 Å². The summed E-state index contributed by atoms with van der Waals surface area (Å²) in [6, 6.07) is 10.2. The van der Waals surface area contributed by atoms with E-state index >= 15 is 0 Å². The first-order valence-corrected chi connectivity index (χ1v) is 9.25. The van der Waals surface area contributed by atoms with Crippen LogP contribution in [0.2, 0.25) is 0 Å². The molecule has 1 fully saturated rings. The minimum absolute atomic E-state index is 0.232. The Balaban J connectivity index is 1.57. The van der Waals surface area contributed by atoms with Gasteiger partial charge in [0.25, 0.3) is 0 Å². The molecule has 2 heterocycles. The molecule has 1 aromatic heterocycles. The third-order valence-electron chi connectivity index (χ3n) is 4.33. The van der Waals surface area contributed by atoms with Gasteiger partial charge in [-0.2, -0.15) is 0 Å². The van der Waals surface area contributed by atoms with E-state index < -0.39 is 0 Å². The van der Waals surface area contributed by atoms with E-state index in [1.54, 1.807) is 18.4 Å². The van der Waals surface area contributed by atoms with E-state index in [2.05, 4.69) is 15.1 Å². The van der Waals surface area contributed by atoms with Gasteiger partial charge in [-0.25, -0.2) is 4.39 Å². The number of halogens is 1. The molecule has 0 radical (unpaired) electrons. The highest BCUT2D eigenvalue weighted by atomic mass is 32.1. The summed E-state index contributed by atoms with van der Waals surface area (Å²) in [4.78, 5) is 4.49. The number of hydrogen-bond acceptors (Lipinski definition) is 4. The minimum Gasteiger partial charge on any atom is -0.449 e.